The van der Waals surface area contributed by atoms with E-state index in [4.69, 9.17) is 27.6 Å². The van der Waals surface area contributed by atoms with E-state index in [0.29, 0.717) is 10.6 Å². The number of para-hydroxylation sites is 1. The maximum Gasteiger partial charge on any atom is 0.153 e. The molecule has 0 fully saturated rings. The van der Waals surface area contributed by atoms with Crippen molar-refractivity contribution in [3.8, 4) is 0 Å². The van der Waals surface area contributed by atoms with Crippen molar-refractivity contribution in [2.75, 3.05) is 0 Å². The van der Waals surface area contributed by atoms with Crippen molar-refractivity contribution in [3.63, 3.8) is 0 Å². The molecule has 1 unspecified atom stereocenters. The van der Waals surface area contributed by atoms with Gasteiger partial charge in [-0.25, -0.2) is 4.39 Å². The summed E-state index contributed by atoms with van der Waals surface area (Å²) in [6, 6.07) is 11.2. The molecule has 1 atom stereocenters. The fourth-order valence-corrected chi connectivity index (χ4v) is 2.52. The second kappa shape index (κ2) is 5.09. The number of furan rings is 1. The Labute approximate surface area is 124 Å². The molecule has 1 aromatic heterocycles. The fraction of sp³-hybridized carbons (Fsp3) is 0.0667. The second-order valence-corrected chi connectivity index (χ2v) is 5.14. The number of aliphatic hydroxyl groups excluding tert-OH is 1. The SMILES string of the molecule is OC(c1cc2cccc(Cl)c2o1)c1cccc(F)c1Cl. The molecule has 1 N–H and O–H groups in total. The molecule has 1 heterocycles. The molecule has 0 bridgehead atoms. The van der Waals surface area contributed by atoms with E-state index in [1.54, 1.807) is 24.3 Å². The summed E-state index contributed by atoms with van der Waals surface area (Å²) in [5.74, 6) is -0.321. The van der Waals surface area contributed by atoms with Crippen LogP contribution < -0.4 is 0 Å². The topological polar surface area (TPSA) is 33.4 Å². The maximum absolute atomic E-state index is 13.4. The molecule has 102 valence electrons. The first kappa shape index (κ1) is 13.4. The molecule has 0 amide bonds. The van der Waals surface area contributed by atoms with Crippen LogP contribution >= 0.6 is 23.2 Å². The van der Waals surface area contributed by atoms with Gasteiger partial charge in [-0.15, -0.1) is 0 Å². The van der Waals surface area contributed by atoms with Crippen molar-refractivity contribution in [2.45, 2.75) is 6.10 Å². The highest BCUT2D eigenvalue weighted by molar-refractivity contribution is 6.34. The number of benzene rings is 2. The van der Waals surface area contributed by atoms with E-state index < -0.39 is 11.9 Å². The van der Waals surface area contributed by atoms with Crippen LogP contribution in [0.5, 0.6) is 0 Å². The summed E-state index contributed by atoms with van der Waals surface area (Å²) in [6.07, 6.45) is -1.15. The predicted octanol–water partition coefficient (Wildman–Crippen LogP) is 4.96. The normalized spacial score (nSPS) is 12.8. The molecule has 0 aliphatic carbocycles. The monoisotopic (exact) mass is 310 g/mol. The fourth-order valence-electron chi connectivity index (χ4n) is 2.07. The smallest absolute Gasteiger partial charge is 0.153 e. The Morgan fingerprint density at radius 2 is 1.85 bits per heavy atom. The lowest BCUT2D eigenvalue weighted by molar-refractivity contribution is 0.192. The Kier molecular flexibility index (Phi) is 3.42. The van der Waals surface area contributed by atoms with E-state index in [0.717, 1.165) is 5.39 Å². The summed E-state index contributed by atoms with van der Waals surface area (Å²) in [6.45, 7) is 0. The van der Waals surface area contributed by atoms with Gasteiger partial charge in [0, 0.05) is 10.9 Å². The molecule has 0 aliphatic heterocycles. The van der Waals surface area contributed by atoms with Crippen molar-refractivity contribution < 1.29 is 13.9 Å². The average Bonchev–Trinajstić information content (AvgIpc) is 2.87. The Morgan fingerprint density at radius 1 is 1.10 bits per heavy atom. The van der Waals surface area contributed by atoms with E-state index >= 15 is 0 Å². The quantitative estimate of drug-likeness (QED) is 0.725. The van der Waals surface area contributed by atoms with Crippen LogP contribution in [0.2, 0.25) is 10.0 Å². The van der Waals surface area contributed by atoms with Gasteiger partial charge in [-0.3, -0.25) is 0 Å². The molecular formula is C15H9Cl2FO2. The van der Waals surface area contributed by atoms with Crippen molar-refractivity contribution in [3.05, 3.63) is 69.7 Å². The number of hydrogen-bond acceptors (Lipinski definition) is 2. The number of halogens is 3. The van der Waals surface area contributed by atoms with Crippen molar-refractivity contribution >= 4 is 34.2 Å². The summed E-state index contributed by atoms with van der Waals surface area (Å²) in [7, 11) is 0. The average molecular weight is 311 g/mol. The summed E-state index contributed by atoms with van der Waals surface area (Å²) < 4.78 is 19.0. The predicted molar refractivity (Wildman–Crippen MR) is 76.7 cm³/mol. The highest BCUT2D eigenvalue weighted by atomic mass is 35.5. The third-order valence-corrected chi connectivity index (χ3v) is 3.76. The van der Waals surface area contributed by atoms with E-state index in [1.165, 1.54) is 12.1 Å². The standard InChI is InChI=1S/C15H9Cl2FO2/c16-10-5-1-3-8-7-12(20-15(8)10)14(19)9-4-2-6-11(18)13(9)17/h1-7,14,19H. The molecule has 2 aromatic carbocycles. The van der Waals surface area contributed by atoms with Gasteiger partial charge in [0.25, 0.3) is 0 Å². The van der Waals surface area contributed by atoms with Gasteiger partial charge in [-0.2, -0.15) is 0 Å². The van der Waals surface area contributed by atoms with Crippen LogP contribution in [0, 0.1) is 5.82 Å². The lowest BCUT2D eigenvalue weighted by Gasteiger charge is -2.10. The third kappa shape index (κ3) is 2.18. The van der Waals surface area contributed by atoms with Gasteiger partial charge >= 0.3 is 0 Å². The molecule has 0 aliphatic rings. The highest BCUT2D eigenvalue weighted by Crippen LogP contribution is 2.34. The zero-order valence-electron chi connectivity index (χ0n) is 10.1. The maximum atomic E-state index is 13.4. The van der Waals surface area contributed by atoms with Crippen LogP contribution in [0.1, 0.15) is 17.4 Å². The van der Waals surface area contributed by atoms with Crippen molar-refractivity contribution in [1.82, 2.24) is 0 Å². The zero-order valence-corrected chi connectivity index (χ0v) is 11.6. The minimum atomic E-state index is -1.15. The van der Waals surface area contributed by atoms with Crippen LogP contribution in [0.15, 0.2) is 46.9 Å². The van der Waals surface area contributed by atoms with Crippen LogP contribution in [-0.2, 0) is 0 Å². The number of aliphatic hydroxyl groups is 1. The molecule has 0 spiro atoms. The minimum absolute atomic E-state index is 0.119. The Bertz CT molecular complexity index is 783. The van der Waals surface area contributed by atoms with Crippen molar-refractivity contribution in [1.29, 1.82) is 0 Å². The molecular weight excluding hydrogens is 302 g/mol. The van der Waals surface area contributed by atoms with Gasteiger partial charge in [0.2, 0.25) is 0 Å². The van der Waals surface area contributed by atoms with Crippen LogP contribution in [0.25, 0.3) is 11.0 Å². The lowest BCUT2D eigenvalue weighted by atomic mass is 10.1. The first-order valence-electron chi connectivity index (χ1n) is 5.88. The van der Waals surface area contributed by atoms with E-state index in [1.807, 2.05) is 6.07 Å². The Hall–Kier alpha value is -1.55. The summed E-state index contributed by atoms with van der Waals surface area (Å²) in [5.41, 5.74) is 0.734. The summed E-state index contributed by atoms with van der Waals surface area (Å²) in [4.78, 5) is 0. The summed E-state index contributed by atoms with van der Waals surface area (Å²) in [5, 5.41) is 11.4. The van der Waals surface area contributed by atoms with Crippen LogP contribution in [-0.4, -0.2) is 5.11 Å². The molecule has 0 saturated heterocycles. The van der Waals surface area contributed by atoms with E-state index in [2.05, 4.69) is 0 Å². The largest absolute Gasteiger partial charge is 0.456 e. The van der Waals surface area contributed by atoms with Crippen LogP contribution in [0.4, 0.5) is 4.39 Å². The van der Waals surface area contributed by atoms with E-state index in [9.17, 15) is 9.50 Å². The van der Waals surface area contributed by atoms with E-state index in [-0.39, 0.29) is 16.3 Å². The Balaban J connectivity index is 2.10. The molecule has 2 nitrogen and oxygen atoms in total. The van der Waals surface area contributed by atoms with Crippen molar-refractivity contribution in [2.24, 2.45) is 0 Å². The third-order valence-electron chi connectivity index (χ3n) is 3.06. The molecule has 3 rings (SSSR count). The first-order chi connectivity index (χ1) is 9.58. The van der Waals surface area contributed by atoms with Gasteiger partial charge in [0.15, 0.2) is 5.58 Å². The number of fused-ring (bicyclic) bond motifs is 1. The van der Waals surface area contributed by atoms with Crippen LogP contribution in [0.3, 0.4) is 0 Å². The van der Waals surface area contributed by atoms with Gasteiger partial charge < -0.3 is 9.52 Å². The minimum Gasteiger partial charge on any atom is -0.456 e. The summed E-state index contributed by atoms with van der Waals surface area (Å²) >= 11 is 11.9. The second-order valence-electron chi connectivity index (χ2n) is 4.35. The number of rotatable bonds is 2. The van der Waals surface area contributed by atoms with Gasteiger partial charge in [0.05, 0.1) is 10.0 Å². The lowest BCUT2D eigenvalue weighted by Crippen LogP contribution is -2.00. The molecule has 0 saturated carbocycles. The number of hydrogen-bond donors (Lipinski definition) is 1. The van der Waals surface area contributed by atoms with Gasteiger partial charge in [0.1, 0.15) is 17.7 Å². The molecule has 5 heteroatoms. The molecule has 20 heavy (non-hydrogen) atoms. The van der Waals surface area contributed by atoms with Gasteiger partial charge in [-0.05, 0) is 18.2 Å². The van der Waals surface area contributed by atoms with Gasteiger partial charge in [-0.1, -0.05) is 47.5 Å². The molecule has 3 aromatic rings. The molecule has 0 radical (unpaired) electrons. The Morgan fingerprint density at radius 3 is 2.60 bits per heavy atom. The highest BCUT2D eigenvalue weighted by Gasteiger charge is 2.20. The zero-order chi connectivity index (χ0) is 14.3. The first-order valence-corrected chi connectivity index (χ1v) is 6.63.